The average molecular weight is 321 g/mol. The minimum Gasteiger partial charge on any atom is -0.374 e. The second kappa shape index (κ2) is 8.80. The lowest BCUT2D eigenvalue weighted by Gasteiger charge is -2.32. The van der Waals surface area contributed by atoms with Gasteiger partial charge in [-0.1, -0.05) is 6.07 Å². The smallest absolute Gasteiger partial charge is 0.0813 e. The highest BCUT2D eigenvalue weighted by molar-refractivity contribution is 5.85. The lowest BCUT2D eigenvalue weighted by atomic mass is 10.0. The van der Waals surface area contributed by atoms with Crippen LogP contribution in [0.4, 0.5) is 0 Å². The lowest BCUT2D eigenvalue weighted by Crippen LogP contribution is -2.41. The summed E-state index contributed by atoms with van der Waals surface area (Å²) in [6.07, 6.45) is 7.75. The van der Waals surface area contributed by atoms with E-state index in [1.807, 2.05) is 18.3 Å². The van der Waals surface area contributed by atoms with Crippen molar-refractivity contribution in [2.45, 2.75) is 44.1 Å². The zero-order valence-electron chi connectivity index (χ0n) is 11.4. The van der Waals surface area contributed by atoms with Gasteiger partial charge in [0.2, 0.25) is 0 Å². The molecule has 2 aliphatic heterocycles. The van der Waals surface area contributed by atoms with Crippen molar-refractivity contribution in [1.29, 1.82) is 0 Å². The average Bonchev–Trinajstić information content (AvgIpc) is 2.87. The van der Waals surface area contributed by atoms with Gasteiger partial charge in [0.15, 0.2) is 0 Å². The van der Waals surface area contributed by atoms with E-state index >= 15 is 0 Å². The van der Waals surface area contributed by atoms with Crippen LogP contribution in [0.3, 0.4) is 0 Å². The van der Waals surface area contributed by atoms with Crippen molar-refractivity contribution in [3.8, 4) is 0 Å². The van der Waals surface area contributed by atoms with Crippen molar-refractivity contribution >= 4 is 24.8 Å². The first-order valence-corrected chi connectivity index (χ1v) is 6.77. The molecule has 114 valence electrons. The van der Waals surface area contributed by atoms with Gasteiger partial charge in [-0.05, 0) is 37.4 Å². The number of pyridine rings is 1. The van der Waals surface area contributed by atoms with Crippen LogP contribution in [0.5, 0.6) is 0 Å². The van der Waals surface area contributed by atoms with Gasteiger partial charge in [-0.25, -0.2) is 0 Å². The molecule has 6 heteroatoms. The zero-order valence-corrected chi connectivity index (χ0v) is 13.0. The molecule has 1 N–H and O–H groups in total. The third-order valence-corrected chi connectivity index (χ3v) is 3.75. The van der Waals surface area contributed by atoms with Crippen molar-refractivity contribution in [1.82, 2.24) is 10.3 Å². The van der Waals surface area contributed by atoms with Gasteiger partial charge >= 0.3 is 0 Å². The summed E-state index contributed by atoms with van der Waals surface area (Å²) in [6, 6.07) is 4.55. The molecule has 0 saturated carbocycles. The van der Waals surface area contributed by atoms with E-state index in [4.69, 9.17) is 9.47 Å². The Balaban J connectivity index is 0.000001000. The van der Waals surface area contributed by atoms with Crippen LogP contribution in [0.1, 0.15) is 24.8 Å². The molecule has 2 saturated heterocycles. The van der Waals surface area contributed by atoms with Gasteiger partial charge in [-0.3, -0.25) is 4.98 Å². The fourth-order valence-corrected chi connectivity index (χ4v) is 2.79. The largest absolute Gasteiger partial charge is 0.374 e. The van der Waals surface area contributed by atoms with Crippen molar-refractivity contribution in [2.24, 2.45) is 0 Å². The van der Waals surface area contributed by atoms with E-state index in [0.717, 1.165) is 24.9 Å². The zero-order chi connectivity index (χ0) is 12.2. The number of hydrogen-bond donors (Lipinski definition) is 1. The predicted molar refractivity (Wildman–Crippen MR) is 82.7 cm³/mol. The number of hydrogen-bond acceptors (Lipinski definition) is 4. The van der Waals surface area contributed by atoms with Gasteiger partial charge in [-0.2, -0.15) is 0 Å². The second-order valence-electron chi connectivity index (χ2n) is 5.10. The molecule has 4 nitrogen and oxygen atoms in total. The second-order valence-corrected chi connectivity index (χ2v) is 5.10. The van der Waals surface area contributed by atoms with Crippen LogP contribution < -0.4 is 5.32 Å². The molecular formula is C14H22Cl2N2O2. The quantitative estimate of drug-likeness (QED) is 0.924. The third-order valence-electron chi connectivity index (χ3n) is 3.75. The highest BCUT2D eigenvalue weighted by Gasteiger charge is 2.34. The molecule has 0 aliphatic carbocycles. The molecule has 0 amide bonds. The van der Waals surface area contributed by atoms with Crippen molar-refractivity contribution in [2.75, 3.05) is 13.2 Å². The maximum absolute atomic E-state index is 6.05. The number of nitrogens with one attached hydrogen (secondary N) is 1. The Morgan fingerprint density at radius 2 is 2.20 bits per heavy atom. The van der Waals surface area contributed by atoms with Crippen LogP contribution in [0.25, 0.3) is 0 Å². The summed E-state index contributed by atoms with van der Waals surface area (Å²) in [5.41, 5.74) is 1.12. The van der Waals surface area contributed by atoms with Crippen molar-refractivity contribution in [3.05, 3.63) is 30.1 Å². The van der Waals surface area contributed by atoms with E-state index in [1.54, 1.807) is 6.20 Å². The number of rotatable bonds is 4. The maximum Gasteiger partial charge on any atom is 0.0813 e. The summed E-state index contributed by atoms with van der Waals surface area (Å²) in [4.78, 5) is 4.07. The monoisotopic (exact) mass is 320 g/mol. The Kier molecular flexibility index (Phi) is 7.77. The van der Waals surface area contributed by atoms with Gasteiger partial charge < -0.3 is 14.8 Å². The highest BCUT2D eigenvalue weighted by Crippen LogP contribution is 2.25. The molecule has 0 unspecified atom stereocenters. The normalized spacial score (nSPS) is 28.1. The molecule has 2 fully saturated rings. The van der Waals surface area contributed by atoms with Gasteiger partial charge in [0.05, 0.1) is 25.4 Å². The first kappa shape index (κ1) is 17.7. The minimum absolute atomic E-state index is 0. The molecule has 2 aliphatic rings. The Morgan fingerprint density at radius 3 is 3.00 bits per heavy atom. The van der Waals surface area contributed by atoms with Crippen molar-refractivity contribution < 1.29 is 9.47 Å². The summed E-state index contributed by atoms with van der Waals surface area (Å²) in [5, 5.41) is 3.49. The first-order chi connectivity index (χ1) is 8.92. The van der Waals surface area contributed by atoms with Gasteiger partial charge in [0.25, 0.3) is 0 Å². The van der Waals surface area contributed by atoms with Crippen LogP contribution in [0.2, 0.25) is 0 Å². The van der Waals surface area contributed by atoms with Crippen LogP contribution in [-0.2, 0) is 16.1 Å². The molecule has 3 atom stereocenters. The third kappa shape index (κ3) is 4.57. The molecule has 3 heterocycles. The van der Waals surface area contributed by atoms with E-state index in [2.05, 4.69) is 10.3 Å². The summed E-state index contributed by atoms with van der Waals surface area (Å²) in [7, 11) is 0. The molecule has 1 aromatic rings. The van der Waals surface area contributed by atoms with Crippen LogP contribution in [0.15, 0.2) is 24.5 Å². The summed E-state index contributed by atoms with van der Waals surface area (Å²) < 4.78 is 11.8. The lowest BCUT2D eigenvalue weighted by molar-refractivity contribution is -0.0909. The number of nitrogens with zero attached hydrogens (tertiary/aromatic N) is 1. The number of halogens is 2. The standard InChI is InChI=1S/C14H20N2O2.2ClH/c1-2-11(8-15-6-1)9-17-10-12-3-4-13-14(18-12)5-7-16-13;;/h1-2,6,8,12-14,16H,3-5,7,9-10H2;2*1H/t12-,13-,14-;;/m1../s1. The van der Waals surface area contributed by atoms with E-state index in [-0.39, 0.29) is 30.9 Å². The van der Waals surface area contributed by atoms with E-state index < -0.39 is 0 Å². The Morgan fingerprint density at radius 1 is 1.30 bits per heavy atom. The Bertz CT molecular complexity index is 381. The molecule has 0 aromatic carbocycles. The number of aromatic nitrogens is 1. The summed E-state index contributed by atoms with van der Waals surface area (Å²) >= 11 is 0. The van der Waals surface area contributed by atoms with Crippen LogP contribution in [-0.4, -0.2) is 36.4 Å². The van der Waals surface area contributed by atoms with Gasteiger partial charge in [-0.15, -0.1) is 24.8 Å². The molecule has 20 heavy (non-hydrogen) atoms. The number of fused-ring (bicyclic) bond motifs is 1. The van der Waals surface area contributed by atoms with Crippen LogP contribution in [0, 0.1) is 0 Å². The Labute approximate surface area is 132 Å². The SMILES string of the molecule is Cl.Cl.c1cncc(COC[C@H]2CC[C@H]3NCC[C@H]3O2)c1. The number of ether oxygens (including phenoxy) is 2. The van der Waals surface area contributed by atoms with Crippen molar-refractivity contribution in [3.63, 3.8) is 0 Å². The van der Waals surface area contributed by atoms with Gasteiger partial charge in [0.1, 0.15) is 0 Å². The minimum atomic E-state index is 0. The fraction of sp³-hybridized carbons (Fsp3) is 0.643. The Hall–Kier alpha value is -0.390. The van der Waals surface area contributed by atoms with E-state index in [1.165, 1.54) is 6.42 Å². The highest BCUT2D eigenvalue weighted by atomic mass is 35.5. The van der Waals surface area contributed by atoms with Gasteiger partial charge in [0, 0.05) is 18.4 Å². The molecular weight excluding hydrogens is 299 g/mol. The van der Waals surface area contributed by atoms with E-state index in [0.29, 0.717) is 25.4 Å². The maximum atomic E-state index is 6.05. The van der Waals surface area contributed by atoms with E-state index in [9.17, 15) is 0 Å². The van der Waals surface area contributed by atoms with Crippen LogP contribution >= 0.6 is 24.8 Å². The molecule has 3 rings (SSSR count). The summed E-state index contributed by atoms with van der Waals surface area (Å²) in [5.74, 6) is 0. The molecule has 0 radical (unpaired) electrons. The molecule has 0 bridgehead atoms. The summed E-state index contributed by atoms with van der Waals surface area (Å²) in [6.45, 7) is 2.41. The fourth-order valence-electron chi connectivity index (χ4n) is 2.79. The molecule has 1 aromatic heterocycles. The topological polar surface area (TPSA) is 43.4 Å². The first-order valence-electron chi connectivity index (χ1n) is 6.77. The predicted octanol–water partition coefficient (Wildman–Crippen LogP) is 2.35. The molecule has 0 spiro atoms.